The van der Waals surface area contributed by atoms with Gasteiger partial charge in [0.25, 0.3) is 0 Å². The van der Waals surface area contributed by atoms with Crippen molar-refractivity contribution in [3.8, 4) is 0 Å². The lowest BCUT2D eigenvalue weighted by atomic mass is 9.98. The first-order chi connectivity index (χ1) is 9.81. The Hall–Kier alpha value is -1.12. The fourth-order valence-electron chi connectivity index (χ4n) is 2.56. The van der Waals surface area contributed by atoms with Crippen molar-refractivity contribution in [2.45, 2.75) is 31.7 Å². The van der Waals surface area contributed by atoms with E-state index in [0.717, 1.165) is 32.0 Å². The maximum Gasteiger partial charge on any atom is 0.225 e. The van der Waals surface area contributed by atoms with E-state index in [-0.39, 0.29) is 24.0 Å². The highest BCUT2D eigenvalue weighted by atomic mass is 127. The second-order valence-corrected chi connectivity index (χ2v) is 5.65. The standard InChI is InChI=1S/C14H22N6.HI/c15-13(19-12-4-5-12)18-9-11-3-1-8-20(10-11)14-16-6-2-7-17-14;/h2,6-7,11-12H,1,3-5,8-10H2,(H3,15,18,19);1H. The Morgan fingerprint density at radius 3 is 2.81 bits per heavy atom. The number of hydrogen-bond acceptors (Lipinski definition) is 4. The highest BCUT2D eigenvalue weighted by Crippen LogP contribution is 2.20. The molecule has 116 valence electrons. The predicted molar refractivity (Wildman–Crippen MR) is 95.0 cm³/mol. The van der Waals surface area contributed by atoms with E-state index in [2.05, 4.69) is 25.2 Å². The zero-order chi connectivity index (χ0) is 13.8. The van der Waals surface area contributed by atoms with Crippen LogP contribution in [0.4, 0.5) is 5.95 Å². The Bertz CT molecular complexity index is 462. The van der Waals surface area contributed by atoms with Crippen molar-refractivity contribution < 1.29 is 0 Å². The molecule has 7 heteroatoms. The van der Waals surface area contributed by atoms with Crippen molar-refractivity contribution in [2.24, 2.45) is 16.6 Å². The van der Waals surface area contributed by atoms with Gasteiger partial charge in [0.05, 0.1) is 0 Å². The van der Waals surface area contributed by atoms with E-state index in [9.17, 15) is 0 Å². The highest BCUT2D eigenvalue weighted by Gasteiger charge is 2.23. The van der Waals surface area contributed by atoms with Crippen molar-refractivity contribution in [3.05, 3.63) is 18.5 Å². The lowest BCUT2D eigenvalue weighted by Gasteiger charge is -2.31. The lowest BCUT2D eigenvalue weighted by molar-refractivity contribution is 0.420. The van der Waals surface area contributed by atoms with Gasteiger partial charge in [0, 0.05) is 38.1 Å². The molecule has 1 unspecified atom stereocenters. The minimum Gasteiger partial charge on any atom is -0.370 e. The van der Waals surface area contributed by atoms with Gasteiger partial charge in [0.1, 0.15) is 0 Å². The normalized spacial score (nSPS) is 22.6. The number of nitrogens with two attached hydrogens (primary N) is 1. The summed E-state index contributed by atoms with van der Waals surface area (Å²) in [7, 11) is 0. The van der Waals surface area contributed by atoms with E-state index in [4.69, 9.17) is 5.73 Å². The Morgan fingerprint density at radius 2 is 2.10 bits per heavy atom. The van der Waals surface area contributed by atoms with E-state index >= 15 is 0 Å². The number of anilines is 1. The van der Waals surface area contributed by atoms with Crippen LogP contribution in [-0.4, -0.2) is 41.6 Å². The third kappa shape index (κ3) is 4.98. The fraction of sp³-hybridized carbons (Fsp3) is 0.643. The number of nitrogens with zero attached hydrogens (tertiary/aromatic N) is 4. The zero-order valence-corrected chi connectivity index (χ0v) is 14.4. The summed E-state index contributed by atoms with van der Waals surface area (Å²) in [6, 6.07) is 2.42. The number of hydrogen-bond donors (Lipinski definition) is 2. The van der Waals surface area contributed by atoms with Gasteiger partial charge in [-0.25, -0.2) is 9.97 Å². The highest BCUT2D eigenvalue weighted by molar-refractivity contribution is 14.0. The fourth-order valence-corrected chi connectivity index (χ4v) is 2.56. The quantitative estimate of drug-likeness (QED) is 0.452. The van der Waals surface area contributed by atoms with Gasteiger partial charge >= 0.3 is 0 Å². The number of nitrogens with one attached hydrogen (secondary N) is 1. The molecule has 1 aromatic rings. The first-order valence-electron chi connectivity index (χ1n) is 7.39. The molecule has 2 heterocycles. The summed E-state index contributed by atoms with van der Waals surface area (Å²) in [5.74, 6) is 1.96. The van der Waals surface area contributed by atoms with Crippen molar-refractivity contribution >= 4 is 35.9 Å². The second kappa shape index (κ2) is 7.77. The van der Waals surface area contributed by atoms with Crippen molar-refractivity contribution in [3.63, 3.8) is 0 Å². The first kappa shape index (κ1) is 16.3. The number of aliphatic imine (C=N–C) groups is 1. The summed E-state index contributed by atoms with van der Waals surface area (Å²) in [6.45, 7) is 2.78. The predicted octanol–water partition coefficient (Wildman–Crippen LogP) is 1.38. The average Bonchev–Trinajstić information content (AvgIpc) is 3.30. The zero-order valence-electron chi connectivity index (χ0n) is 12.1. The van der Waals surface area contributed by atoms with Crippen molar-refractivity contribution in [2.75, 3.05) is 24.5 Å². The SMILES string of the molecule is I.NC(=NCC1CCCN(c2ncccn2)C1)NC1CC1. The number of guanidine groups is 1. The number of piperidine rings is 1. The van der Waals surface area contributed by atoms with Crippen LogP contribution >= 0.6 is 24.0 Å². The molecule has 3 rings (SSSR count). The Labute approximate surface area is 142 Å². The molecule has 1 aliphatic carbocycles. The van der Waals surface area contributed by atoms with Crippen LogP contribution in [0.25, 0.3) is 0 Å². The molecular weight excluding hydrogens is 379 g/mol. The first-order valence-corrected chi connectivity index (χ1v) is 7.39. The van der Waals surface area contributed by atoms with Crippen molar-refractivity contribution in [1.82, 2.24) is 15.3 Å². The molecule has 3 N–H and O–H groups in total. The molecule has 1 aliphatic heterocycles. The van der Waals surface area contributed by atoms with Gasteiger partial charge < -0.3 is 16.0 Å². The van der Waals surface area contributed by atoms with Crippen LogP contribution in [0.5, 0.6) is 0 Å². The second-order valence-electron chi connectivity index (χ2n) is 5.65. The summed E-state index contributed by atoms with van der Waals surface area (Å²) in [5.41, 5.74) is 5.88. The van der Waals surface area contributed by atoms with Gasteiger partial charge in [-0.3, -0.25) is 4.99 Å². The van der Waals surface area contributed by atoms with E-state index in [1.54, 1.807) is 12.4 Å². The Morgan fingerprint density at radius 1 is 1.33 bits per heavy atom. The largest absolute Gasteiger partial charge is 0.370 e. The number of aromatic nitrogens is 2. The van der Waals surface area contributed by atoms with E-state index < -0.39 is 0 Å². The lowest BCUT2D eigenvalue weighted by Crippen LogP contribution is -2.39. The number of rotatable bonds is 4. The topological polar surface area (TPSA) is 79.4 Å². The van der Waals surface area contributed by atoms with Crippen LogP contribution in [0.1, 0.15) is 25.7 Å². The molecule has 21 heavy (non-hydrogen) atoms. The van der Waals surface area contributed by atoms with E-state index in [1.807, 2.05) is 6.07 Å². The molecule has 0 amide bonds. The maximum absolute atomic E-state index is 5.88. The molecule has 1 saturated carbocycles. The molecule has 0 radical (unpaired) electrons. The van der Waals surface area contributed by atoms with Gasteiger partial charge in [-0.1, -0.05) is 0 Å². The molecule has 0 bridgehead atoms. The molecule has 1 saturated heterocycles. The van der Waals surface area contributed by atoms with Gasteiger partial charge in [-0.2, -0.15) is 0 Å². The van der Waals surface area contributed by atoms with Gasteiger partial charge in [-0.15, -0.1) is 24.0 Å². The summed E-state index contributed by atoms with van der Waals surface area (Å²) in [5, 5.41) is 3.23. The summed E-state index contributed by atoms with van der Waals surface area (Å²) >= 11 is 0. The molecule has 0 spiro atoms. The molecule has 0 aromatic carbocycles. The molecular formula is C14H23IN6. The minimum absolute atomic E-state index is 0. The van der Waals surface area contributed by atoms with Gasteiger partial charge in [0.15, 0.2) is 5.96 Å². The Balaban J connectivity index is 0.00000161. The summed E-state index contributed by atoms with van der Waals surface area (Å²) in [4.78, 5) is 15.4. The molecule has 2 fully saturated rings. The van der Waals surface area contributed by atoms with Crippen LogP contribution in [0, 0.1) is 5.92 Å². The van der Waals surface area contributed by atoms with Crippen molar-refractivity contribution in [1.29, 1.82) is 0 Å². The van der Waals surface area contributed by atoms with Crippen LogP contribution in [0.2, 0.25) is 0 Å². The van der Waals surface area contributed by atoms with Crippen LogP contribution < -0.4 is 16.0 Å². The third-order valence-electron chi connectivity index (χ3n) is 3.80. The smallest absolute Gasteiger partial charge is 0.225 e. The molecule has 6 nitrogen and oxygen atoms in total. The van der Waals surface area contributed by atoms with Gasteiger partial charge in [-0.05, 0) is 37.7 Å². The van der Waals surface area contributed by atoms with Gasteiger partial charge in [0.2, 0.25) is 5.95 Å². The third-order valence-corrected chi connectivity index (χ3v) is 3.80. The molecule has 2 aliphatic rings. The molecule has 1 atom stereocenters. The monoisotopic (exact) mass is 402 g/mol. The Kier molecular flexibility index (Phi) is 6.01. The maximum atomic E-state index is 5.88. The molecule has 1 aromatic heterocycles. The van der Waals surface area contributed by atoms with E-state index in [1.165, 1.54) is 19.3 Å². The van der Waals surface area contributed by atoms with Crippen LogP contribution in [0.15, 0.2) is 23.5 Å². The average molecular weight is 402 g/mol. The van der Waals surface area contributed by atoms with Crippen LogP contribution in [-0.2, 0) is 0 Å². The summed E-state index contributed by atoms with van der Waals surface area (Å²) in [6.07, 6.45) is 8.39. The minimum atomic E-state index is 0. The van der Waals surface area contributed by atoms with E-state index in [0.29, 0.717) is 17.9 Å². The summed E-state index contributed by atoms with van der Waals surface area (Å²) < 4.78 is 0. The number of halogens is 1. The van der Waals surface area contributed by atoms with Crippen LogP contribution in [0.3, 0.4) is 0 Å².